The molecule has 6 nitrogen and oxygen atoms in total. The lowest BCUT2D eigenvalue weighted by molar-refractivity contribution is -0.128. The number of morpholine rings is 1. The summed E-state index contributed by atoms with van der Waals surface area (Å²) in [5.41, 5.74) is 1.74. The molecular formula is C19H27N3O3. The minimum atomic E-state index is -0.0363. The molecule has 0 bridgehead atoms. The van der Waals surface area contributed by atoms with E-state index in [0.717, 1.165) is 57.8 Å². The highest BCUT2D eigenvalue weighted by atomic mass is 16.5. The maximum Gasteiger partial charge on any atom is 0.251 e. The Balaban J connectivity index is 1.39. The number of rotatable bonds is 7. The Morgan fingerprint density at radius 3 is 2.56 bits per heavy atom. The van der Waals surface area contributed by atoms with Gasteiger partial charge in [-0.15, -0.1) is 0 Å². The van der Waals surface area contributed by atoms with Gasteiger partial charge < -0.3 is 15.0 Å². The zero-order valence-corrected chi connectivity index (χ0v) is 14.7. The molecule has 0 saturated carbocycles. The second kappa shape index (κ2) is 8.97. The molecule has 2 heterocycles. The number of carbonyl (C=O) groups excluding carboxylic acids is 2. The van der Waals surface area contributed by atoms with Crippen LogP contribution in [0.1, 0.15) is 35.2 Å². The van der Waals surface area contributed by atoms with Gasteiger partial charge in [-0.1, -0.05) is 12.1 Å². The lowest BCUT2D eigenvalue weighted by Gasteiger charge is -2.26. The second-order valence-corrected chi connectivity index (χ2v) is 6.68. The van der Waals surface area contributed by atoms with Gasteiger partial charge in [0.05, 0.1) is 13.2 Å². The van der Waals surface area contributed by atoms with Crippen molar-refractivity contribution in [3.05, 3.63) is 35.4 Å². The first-order chi connectivity index (χ1) is 12.2. The van der Waals surface area contributed by atoms with Crippen molar-refractivity contribution < 1.29 is 14.3 Å². The molecule has 0 aromatic heterocycles. The van der Waals surface area contributed by atoms with Crippen LogP contribution in [-0.4, -0.2) is 67.6 Å². The summed E-state index contributed by atoms with van der Waals surface area (Å²) in [7, 11) is 0. The summed E-state index contributed by atoms with van der Waals surface area (Å²) in [6.45, 7) is 6.73. The largest absolute Gasteiger partial charge is 0.379 e. The molecule has 2 saturated heterocycles. The first kappa shape index (κ1) is 17.9. The molecule has 2 amide bonds. The van der Waals surface area contributed by atoms with Crippen molar-refractivity contribution in [2.75, 3.05) is 45.9 Å². The molecule has 1 aromatic carbocycles. The van der Waals surface area contributed by atoms with Crippen molar-refractivity contribution in [2.45, 2.75) is 25.8 Å². The van der Waals surface area contributed by atoms with E-state index in [0.29, 0.717) is 25.1 Å². The van der Waals surface area contributed by atoms with Crippen molar-refractivity contribution in [1.82, 2.24) is 15.1 Å². The first-order valence-corrected chi connectivity index (χ1v) is 9.17. The number of hydrogen-bond acceptors (Lipinski definition) is 4. The van der Waals surface area contributed by atoms with Crippen LogP contribution in [0.2, 0.25) is 0 Å². The fraction of sp³-hybridized carbons (Fsp3) is 0.579. The maximum absolute atomic E-state index is 12.2. The molecule has 25 heavy (non-hydrogen) atoms. The molecule has 0 unspecified atom stereocenters. The number of carbonyl (C=O) groups is 2. The minimum absolute atomic E-state index is 0.0363. The van der Waals surface area contributed by atoms with Crippen LogP contribution in [0.25, 0.3) is 0 Å². The molecule has 1 N–H and O–H groups in total. The lowest BCUT2D eigenvalue weighted by atomic mass is 10.1. The van der Waals surface area contributed by atoms with E-state index in [2.05, 4.69) is 10.2 Å². The second-order valence-electron chi connectivity index (χ2n) is 6.68. The standard InChI is InChI=1S/C19H27N3O3/c23-18-3-1-10-22(18)15-16-4-6-17(7-5-16)19(24)20-8-2-9-21-11-13-25-14-12-21/h4-7H,1-3,8-15H2,(H,20,24). The predicted octanol–water partition coefficient (Wildman–Crippen LogP) is 1.26. The van der Waals surface area contributed by atoms with E-state index in [1.165, 1.54) is 0 Å². The van der Waals surface area contributed by atoms with Crippen LogP contribution in [0.4, 0.5) is 0 Å². The first-order valence-electron chi connectivity index (χ1n) is 9.17. The van der Waals surface area contributed by atoms with E-state index in [-0.39, 0.29) is 11.8 Å². The molecule has 2 fully saturated rings. The van der Waals surface area contributed by atoms with Crippen molar-refractivity contribution in [3.8, 4) is 0 Å². The number of nitrogens with one attached hydrogen (secondary N) is 1. The van der Waals surface area contributed by atoms with Gasteiger partial charge in [-0.2, -0.15) is 0 Å². The van der Waals surface area contributed by atoms with Crippen molar-refractivity contribution in [2.24, 2.45) is 0 Å². The van der Waals surface area contributed by atoms with E-state index >= 15 is 0 Å². The quantitative estimate of drug-likeness (QED) is 0.756. The zero-order valence-electron chi connectivity index (χ0n) is 14.7. The van der Waals surface area contributed by atoms with Gasteiger partial charge in [-0.3, -0.25) is 14.5 Å². The summed E-state index contributed by atoms with van der Waals surface area (Å²) in [6.07, 6.45) is 2.55. The van der Waals surface area contributed by atoms with E-state index < -0.39 is 0 Å². The van der Waals surface area contributed by atoms with Gasteiger partial charge in [-0.25, -0.2) is 0 Å². The summed E-state index contributed by atoms with van der Waals surface area (Å²) < 4.78 is 5.33. The van der Waals surface area contributed by atoms with E-state index in [4.69, 9.17) is 4.74 Å². The van der Waals surface area contributed by atoms with Crippen LogP contribution in [0.15, 0.2) is 24.3 Å². The van der Waals surface area contributed by atoms with Crippen LogP contribution in [-0.2, 0) is 16.1 Å². The van der Waals surface area contributed by atoms with E-state index in [1.807, 2.05) is 29.2 Å². The highest BCUT2D eigenvalue weighted by Gasteiger charge is 2.20. The van der Waals surface area contributed by atoms with Crippen molar-refractivity contribution in [1.29, 1.82) is 0 Å². The summed E-state index contributed by atoms with van der Waals surface area (Å²) in [6, 6.07) is 7.56. The third kappa shape index (κ3) is 5.28. The number of ether oxygens (including phenoxy) is 1. The van der Waals surface area contributed by atoms with E-state index in [1.54, 1.807) is 0 Å². The highest BCUT2D eigenvalue weighted by Crippen LogP contribution is 2.14. The monoisotopic (exact) mass is 345 g/mol. The smallest absolute Gasteiger partial charge is 0.251 e. The molecule has 0 aliphatic carbocycles. The van der Waals surface area contributed by atoms with Gasteiger partial charge in [0.15, 0.2) is 0 Å². The highest BCUT2D eigenvalue weighted by molar-refractivity contribution is 5.94. The minimum Gasteiger partial charge on any atom is -0.379 e. The number of benzene rings is 1. The topological polar surface area (TPSA) is 61.9 Å². The van der Waals surface area contributed by atoms with Gasteiger partial charge in [0, 0.05) is 44.7 Å². The van der Waals surface area contributed by atoms with Gasteiger partial charge in [0.25, 0.3) is 5.91 Å². The molecule has 3 rings (SSSR count). The van der Waals surface area contributed by atoms with Gasteiger partial charge in [0.1, 0.15) is 0 Å². The van der Waals surface area contributed by atoms with Gasteiger partial charge in [0.2, 0.25) is 5.91 Å². The number of hydrogen-bond donors (Lipinski definition) is 1. The van der Waals surface area contributed by atoms with Crippen LogP contribution in [0.5, 0.6) is 0 Å². The molecular weight excluding hydrogens is 318 g/mol. The average Bonchev–Trinajstić information content (AvgIpc) is 3.05. The Morgan fingerprint density at radius 2 is 1.88 bits per heavy atom. The van der Waals surface area contributed by atoms with Crippen LogP contribution < -0.4 is 5.32 Å². The molecule has 2 aliphatic rings. The maximum atomic E-state index is 12.2. The Hall–Kier alpha value is -1.92. The molecule has 6 heteroatoms. The Bertz CT molecular complexity index is 582. The summed E-state index contributed by atoms with van der Waals surface area (Å²) in [4.78, 5) is 28.1. The normalized spacial score (nSPS) is 18.6. The van der Waals surface area contributed by atoms with Gasteiger partial charge in [-0.05, 0) is 37.1 Å². The molecule has 0 spiro atoms. The number of likely N-dealkylation sites (tertiary alicyclic amines) is 1. The Morgan fingerprint density at radius 1 is 1.12 bits per heavy atom. The Kier molecular flexibility index (Phi) is 6.42. The summed E-state index contributed by atoms with van der Waals surface area (Å²) in [5, 5.41) is 2.98. The van der Waals surface area contributed by atoms with Gasteiger partial charge >= 0.3 is 0 Å². The molecule has 0 atom stereocenters. The summed E-state index contributed by atoms with van der Waals surface area (Å²) >= 11 is 0. The van der Waals surface area contributed by atoms with Crippen LogP contribution >= 0.6 is 0 Å². The SMILES string of the molecule is O=C(NCCCN1CCOCC1)c1ccc(CN2CCCC2=O)cc1. The molecule has 136 valence electrons. The number of amides is 2. The molecule has 1 aromatic rings. The van der Waals surface area contributed by atoms with Crippen LogP contribution in [0, 0.1) is 0 Å². The van der Waals surface area contributed by atoms with E-state index in [9.17, 15) is 9.59 Å². The number of nitrogens with zero attached hydrogens (tertiary/aromatic N) is 2. The fourth-order valence-electron chi connectivity index (χ4n) is 3.28. The molecule has 0 radical (unpaired) electrons. The summed E-state index contributed by atoms with van der Waals surface area (Å²) in [5.74, 6) is 0.188. The fourth-order valence-corrected chi connectivity index (χ4v) is 3.28. The van der Waals surface area contributed by atoms with Crippen LogP contribution in [0.3, 0.4) is 0 Å². The average molecular weight is 345 g/mol. The zero-order chi connectivity index (χ0) is 17.5. The third-order valence-corrected chi connectivity index (χ3v) is 4.80. The Labute approximate surface area is 149 Å². The molecule has 2 aliphatic heterocycles. The predicted molar refractivity (Wildman–Crippen MR) is 95.3 cm³/mol. The third-order valence-electron chi connectivity index (χ3n) is 4.80. The lowest BCUT2D eigenvalue weighted by Crippen LogP contribution is -2.38. The van der Waals surface area contributed by atoms with Crippen molar-refractivity contribution >= 4 is 11.8 Å². The van der Waals surface area contributed by atoms with Crippen molar-refractivity contribution in [3.63, 3.8) is 0 Å².